The summed E-state index contributed by atoms with van der Waals surface area (Å²) in [6, 6.07) is 0.323. The van der Waals surface area contributed by atoms with E-state index in [0.29, 0.717) is 6.04 Å². The van der Waals surface area contributed by atoms with Crippen LogP contribution in [0.25, 0.3) is 0 Å². The molecule has 2 heteroatoms. The highest BCUT2D eigenvalue weighted by molar-refractivity contribution is 4.51. The molecule has 0 spiro atoms. The minimum atomic E-state index is 0.323. The van der Waals surface area contributed by atoms with Crippen molar-refractivity contribution in [3.63, 3.8) is 0 Å². The second kappa shape index (κ2) is 4.09. The summed E-state index contributed by atoms with van der Waals surface area (Å²) in [4.78, 5) is 0. The quantitative estimate of drug-likeness (QED) is 0.530. The molecule has 2 nitrogen and oxygen atoms in total. The molecule has 0 fully saturated rings. The fourth-order valence-corrected chi connectivity index (χ4v) is 0.440. The van der Waals surface area contributed by atoms with Gasteiger partial charge in [-0.3, -0.25) is 0 Å². The Morgan fingerprint density at radius 1 is 1.57 bits per heavy atom. The zero-order chi connectivity index (χ0) is 5.70. The average Bonchev–Trinajstić information content (AvgIpc) is 1.61. The SMILES string of the molecule is C[C@H](N)CCCN. The normalized spacial score (nSPS) is 14.1. The van der Waals surface area contributed by atoms with Crippen LogP contribution >= 0.6 is 0 Å². The third-order valence-corrected chi connectivity index (χ3v) is 0.864. The van der Waals surface area contributed by atoms with E-state index in [9.17, 15) is 0 Å². The molecule has 0 aliphatic heterocycles. The predicted octanol–water partition coefficient (Wildman–Crippen LogP) is 0.0725. The van der Waals surface area contributed by atoms with E-state index in [0.717, 1.165) is 19.4 Å². The molecule has 1 atom stereocenters. The molecule has 0 bridgehead atoms. The number of hydrogen-bond donors (Lipinski definition) is 2. The Kier molecular flexibility index (Phi) is 4.04. The average molecular weight is 102 g/mol. The van der Waals surface area contributed by atoms with Crippen molar-refractivity contribution in [3.05, 3.63) is 0 Å². The van der Waals surface area contributed by atoms with E-state index in [4.69, 9.17) is 11.5 Å². The minimum absolute atomic E-state index is 0.323. The van der Waals surface area contributed by atoms with Crippen LogP contribution in [0.5, 0.6) is 0 Å². The van der Waals surface area contributed by atoms with Crippen molar-refractivity contribution in [1.82, 2.24) is 0 Å². The van der Waals surface area contributed by atoms with Crippen LogP contribution in [0.4, 0.5) is 0 Å². The molecule has 0 aromatic heterocycles. The van der Waals surface area contributed by atoms with Gasteiger partial charge in [-0.1, -0.05) is 0 Å². The summed E-state index contributed by atoms with van der Waals surface area (Å²) in [5, 5.41) is 0. The van der Waals surface area contributed by atoms with Crippen LogP contribution in [0.3, 0.4) is 0 Å². The Morgan fingerprint density at radius 2 is 2.14 bits per heavy atom. The van der Waals surface area contributed by atoms with Gasteiger partial charge >= 0.3 is 0 Å². The van der Waals surface area contributed by atoms with E-state index in [-0.39, 0.29) is 0 Å². The van der Waals surface area contributed by atoms with Gasteiger partial charge < -0.3 is 11.5 Å². The maximum atomic E-state index is 5.42. The Hall–Kier alpha value is -0.0800. The summed E-state index contributed by atoms with van der Waals surface area (Å²) in [6.45, 7) is 2.76. The first kappa shape index (κ1) is 6.92. The van der Waals surface area contributed by atoms with Crippen LogP contribution in [0.2, 0.25) is 0 Å². The monoisotopic (exact) mass is 102 g/mol. The first-order valence-corrected chi connectivity index (χ1v) is 2.73. The Morgan fingerprint density at radius 3 is 2.29 bits per heavy atom. The Balaban J connectivity index is 2.68. The zero-order valence-electron chi connectivity index (χ0n) is 4.85. The molecule has 0 unspecified atom stereocenters. The van der Waals surface area contributed by atoms with Crippen LogP contribution in [-0.4, -0.2) is 12.6 Å². The Labute approximate surface area is 44.9 Å². The van der Waals surface area contributed by atoms with Crippen molar-refractivity contribution in [3.8, 4) is 0 Å². The maximum Gasteiger partial charge on any atom is 0.00109 e. The van der Waals surface area contributed by atoms with Crippen LogP contribution in [-0.2, 0) is 0 Å². The number of nitrogens with two attached hydrogens (primary N) is 2. The molecular weight excluding hydrogens is 88.1 g/mol. The third-order valence-electron chi connectivity index (χ3n) is 0.864. The van der Waals surface area contributed by atoms with Crippen LogP contribution in [0.15, 0.2) is 0 Å². The highest BCUT2D eigenvalue weighted by Gasteiger charge is 1.88. The van der Waals surface area contributed by atoms with Gasteiger partial charge in [-0.15, -0.1) is 0 Å². The highest BCUT2D eigenvalue weighted by Crippen LogP contribution is 1.88. The second-order valence-electron chi connectivity index (χ2n) is 1.91. The number of rotatable bonds is 3. The van der Waals surface area contributed by atoms with E-state index in [1.165, 1.54) is 0 Å². The molecule has 0 amide bonds. The van der Waals surface area contributed by atoms with Crippen molar-refractivity contribution >= 4 is 0 Å². The van der Waals surface area contributed by atoms with Gasteiger partial charge in [0.15, 0.2) is 0 Å². The molecule has 0 aliphatic carbocycles. The molecule has 0 rings (SSSR count). The lowest BCUT2D eigenvalue weighted by Crippen LogP contribution is -2.16. The van der Waals surface area contributed by atoms with Gasteiger partial charge in [-0.2, -0.15) is 0 Å². The van der Waals surface area contributed by atoms with Crippen molar-refractivity contribution in [2.75, 3.05) is 6.54 Å². The summed E-state index contributed by atoms with van der Waals surface area (Å²) in [6.07, 6.45) is 2.11. The highest BCUT2D eigenvalue weighted by atomic mass is 14.6. The number of hydrogen-bond acceptors (Lipinski definition) is 2. The van der Waals surface area contributed by atoms with Gasteiger partial charge in [-0.05, 0) is 26.3 Å². The summed E-state index contributed by atoms with van der Waals surface area (Å²) in [7, 11) is 0. The second-order valence-corrected chi connectivity index (χ2v) is 1.91. The van der Waals surface area contributed by atoms with Gasteiger partial charge in [0, 0.05) is 6.04 Å². The summed E-state index contributed by atoms with van der Waals surface area (Å²) < 4.78 is 0. The molecule has 0 radical (unpaired) electrons. The summed E-state index contributed by atoms with van der Waals surface area (Å²) >= 11 is 0. The van der Waals surface area contributed by atoms with Crippen molar-refractivity contribution in [1.29, 1.82) is 0 Å². The fraction of sp³-hybridized carbons (Fsp3) is 1.00. The fourth-order valence-electron chi connectivity index (χ4n) is 0.440. The zero-order valence-corrected chi connectivity index (χ0v) is 4.85. The molecule has 4 N–H and O–H groups in total. The largest absolute Gasteiger partial charge is 0.330 e. The van der Waals surface area contributed by atoms with E-state index < -0.39 is 0 Å². The van der Waals surface area contributed by atoms with Crippen molar-refractivity contribution in [2.45, 2.75) is 25.8 Å². The van der Waals surface area contributed by atoms with E-state index in [2.05, 4.69) is 0 Å². The lowest BCUT2D eigenvalue weighted by atomic mass is 10.2. The van der Waals surface area contributed by atoms with Crippen LogP contribution in [0, 0.1) is 0 Å². The molecule has 0 aromatic carbocycles. The molecule has 0 saturated heterocycles. The smallest absolute Gasteiger partial charge is 0.00109 e. The molecule has 44 valence electrons. The minimum Gasteiger partial charge on any atom is -0.330 e. The van der Waals surface area contributed by atoms with Crippen LogP contribution in [0.1, 0.15) is 19.8 Å². The van der Waals surface area contributed by atoms with E-state index >= 15 is 0 Å². The van der Waals surface area contributed by atoms with Gasteiger partial charge in [-0.25, -0.2) is 0 Å². The van der Waals surface area contributed by atoms with Gasteiger partial charge in [0.25, 0.3) is 0 Å². The van der Waals surface area contributed by atoms with E-state index in [1.54, 1.807) is 0 Å². The lowest BCUT2D eigenvalue weighted by Gasteiger charge is -1.99. The third kappa shape index (κ3) is 5.92. The lowest BCUT2D eigenvalue weighted by molar-refractivity contribution is 0.631. The summed E-state index contributed by atoms with van der Waals surface area (Å²) in [5.74, 6) is 0. The maximum absolute atomic E-state index is 5.42. The first-order chi connectivity index (χ1) is 3.27. The Bertz CT molecular complexity index is 35.1. The van der Waals surface area contributed by atoms with Crippen molar-refractivity contribution in [2.24, 2.45) is 11.5 Å². The molecule has 0 aromatic rings. The predicted molar refractivity (Wildman–Crippen MR) is 31.9 cm³/mol. The van der Waals surface area contributed by atoms with Gasteiger partial charge in [0.2, 0.25) is 0 Å². The van der Waals surface area contributed by atoms with Crippen molar-refractivity contribution < 1.29 is 0 Å². The molecule has 7 heavy (non-hydrogen) atoms. The van der Waals surface area contributed by atoms with E-state index in [1.807, 2.05) is 6.92 Å². The first-order valence-electron chi connectivity index (χ1n) is 2.73. The standard InChI is InChI=1S/C5H14N2/c1-5(7)3-2-4-6/h5H,2-4,6-7H2,1H3/t5-/m0/s1. The van der Waals surface area contributed by atoms with Gasteiger partial charge in [0.1, 0.15) is 0 Å². The molecule has 0 saturated carbocycles. The summed E-state index contributed by atoms with van der Waals surface area (Å²) in [5.41, 5.74) is 10.6. The molecular formula is C5H14N2. The van der Waals surface area contributed by atoms with Crippen LogP contribution < -0.4 is 11.5 Å². The molecule has 0 aliphatic rings. The van der Waals surface area contributed by atoms with Gasteiger partial charge in [0.05, 0.1) is 0 Å². The topological polar surface area (TPSA) is 52.0 Å². The molecule has 0 heterocycles.